The van der Waals surface area contributed by atoms with Gasteiger partial charge in [0.25, 0.3) is 6.33 Å². The Morgan fingerprint density at radius 3 is 2.04 bits per heavy atom. The highest BCUT2D eigenvalue weighted by Gasteiger charge is 2.25. The molecule has 0 radical (unpaired) electrons. The minimum atomic E-state index is -2.73. The summed E-state index contributed by atoms with van der Waals surface area (Å²) in [5, 5.41) is 1.75. The Hall–Kier alpha value is -6.46. The van der Waals surface area contributed by atoms with E-state index >= 15 is 0 Å². The van der Waals surface area contributed by atoms with Crippen molar-refractivity contribution in [2.75, 3.05) is 0 Å². The van der Waals surface area contributed by atoms with Crippen LogP contribution in [0.3, 0.4) is 0 Å². The van der Waals surface area contributed by atoms with Crippen LogP contribution in [0.25, 0.3) is 61.2 Å². The summed E-state index contributed by atoms with van der Waals surface area (Å²) < 4.78 is 64.6. The molecule has 3 heterocycles. The van der Waals surface area contributed by atoms with Crippen molar-refractivity contribution in [3.05, 3.63) is 174 Å². The second-order valence-corrected chi connectivity index (χ2v) is 16.9. The lowest BCUT2D eigenvalue weighted by molar-refractivity contribution is -0.567. The van der Waals surface area contributed by atoms with Crippen molar-refractivity contribution in [1.82, 2.24) is 14.1 Å². The first kappa shape index (κ1) is 29.8. The van der Waals surface area contributed by atoms with E-state index in [-0.39, 0.29) is 33.3 Å². The number of hydrogen-bond donors (Lipinski definition) is 0. The Bertz CT molecular complexity index is 3170. The predicted octanol–water partition coefficient (Wildman–Crippen LogP) is 13.1. The summed E-state index contributed by atoms with van der Waals surface area (Å²) in [5.41, 5.74) is 8.32. The summed E-state index contributed by atoms with van der Waals surface area (Å²) >= 11 is 0. The van der Waals surface area contributed by atoms with Gasteiger partial charge in [0.15, 0.2) is 11.0 Å². The number of aromatic nitrogens is 4. The lowest BCUT2D eigenvalue weighted by atomic mass is 9.80. The number of ether oxygens (including phenoxy) is 1. The molecular formula is C52H49N4O+. The largest absolute Gasteiger partial charge is 0.457 e. The summed E-state index contributed by atoms with van der Waals surface area (Å²) in [4.78, 5) is 4.68. The van der Waals surface area contributed by atoms with Crippen LogP contribution in [0.2, 0.25) is 0 Å². The van der Waals surface area contributed by atoms with Gasteiger partial charge >= 0.3 is 0 Å². The zero-order chi connectivity index (χ0) is 44.6. The van der Waals surface area contributed by atoms with E-state index in [1.54, 1.807) is 24.3 Å². The van der Waals surface area contributed by atoms with Crippen molar-refractivity contribution in [3.8, 4) is 39.8 Å². The number of nitrogens with zero attached hydrogens (tertiary/aromatic N) is 4. The van der Waals surface area contributed by atoms with Gasteiger partial charge in [0.2, 0.25) is 0 Å². The van der Waals surface area contributed by atoms with Crippen LogP contribution < -0.4 is 9.30 Å². The zero-order valence-electron chi connectivity index (χ0n) is 39.1. The second-order valence-electron chi connectivity index (χ2n) is 16.9. The minimum Gasteiger partial charge on any atom is -0.457 e. The lowest BCUT2D eigenvalue weighted by Gasteiger charge is -2.25. The third-order valence-electron chi connectivity index (χ3n) is 10.9. The standard InChI is InChI=1S/C52H49N4O/c1-34-32-53-50(35(2)49(34)36-17-10-9-11-18-36)56-45-22-13-12-21-43(45)44-26-25-42(31-48(44)56)57-41-20-16-19-39(30-41)54-33-55(47-24-15-14-23-46(47)54)40-28-37(51(3,4)5)27-38(29-40)52(6,7)8/h9-33H,1-8H3/q+1/i1D3,2D3. The van der Waals surface area contributed by atoms with E-state index in [2.05, 4.69) is 111 Å². The number of hydrogen-bond acceptors (Lipinski definition) is 2. The number of pyridine rings is 1. The van der Waals surface area contributed by atoms with Crippen molar-refractivity contribution >= 4 is 32.8 Å². The molecule has 5 heteroatoms. The molecule has 0 saturated heterocycles. The lowest BCUT2D eigenvalue weighted by Crippen LogP contribution is -2.31. The van der Waals surface area contributed by atoms with Gasteiger partial charge in [-0.05, 0) is 107 Å². The molecule has 57 heavy (non-hydrogen) atoms. The molecule has 0 bridgehead atoms. The molecule has 0 spiro atoms. The highest BCUT2D eigenvalue weighted by Crippen LogP contribution is 2.38. The molecule has 6 aromatic carbocycles. The smallest absolute Gasteiger partial charge is 0.255 e. The van der Waals surface area contributed by atoms with Crippen LogP contribution in [-0.2, 0) is 10.8 Å². The molecule has 0 atom stereocenters. The topological polar surface area (TPSA) is 35.9 Å². The van der Waals surface area contributed by atoms with E-state index < -0.39 is 13.7 Å². The van der Waals surface area contributed by atoms with Crippen LogP contribution in [0, 0.1) is 13.7 Å². The van der Waals surface area contributed by atoms with E-state index in [1.807, 2.05) is 71.3 Å². The van der Waals surface area contributed by atoms with Crippen LogP contribution in [0.1, 0.15) is 72.0 Å². The van der Waals surface area contributed by atoms with Crippen LogP contribution in [-0.4, -0.2) is 14.1 Å². The maximum Gasteiger partial charge on any atom is 0.255 e. The maximum absolute atomic E-state index is 8.84. The number of imidazole rings is 1. The molecule has 0 unspecified atom stereocenters. The van der Waals surface area contributed by atoms with Gasteiger partial charge in [-0.25, -0.2) is 4.98 Å². The Labute approximate surface area is 343 Å². The first-order chi connectivity index (χ1) is 29.8. The van der Waals surface area contributed by atoms with Crippen LogP contribution in [0.5, 0.6) is 11.5 Å². The fourth-order valence-corrected chi connectivity index (χ4v) is 7.79. The average Bonchev–Trinajstić information content (AvgIpc) is 3.78. The highest BCUT2D eigenvalue weighted by atomic mass is 16.5. The molecular weight excluding hydrogens is 697 g/mol. The van der Waals surface area contributed by atoms with Gasteiger partial charge in [-0.2, -0.15) is 9.13 Å². The molecule has 3 aromatic heterocycles. The van der Waals surface area contributed by atoms with Gasteiger partial charge < -0.3 is 4.74 Å². The summed E-state index contributed by atoms with van der Waals surface area (Å²) in [6.45, 7) is 8.16. The summed E-state index contributed by atoms with van der Waals surface area (Å²) in [6.07, 6.45) is 3.44. The Morgan fingerprint density at radius 2 is 1.30 bits per heavy atom. The van der Waals surface area contributed by atoms with Gasteiger partial charge in [0.1, 0.15) is 28.7 Å². The van der Waals surface area contributed by atoms with Crippen LogP contribution >= 0.6 is 0 Å². The Kier molecular flexibility index (Phi) is 7.12. The number of aryl methyl sites for hydroxylation is 1. The third kappa shape index (κ3) is 6.47. The minimum absolute atomic E-state index is 0.0400. The fourth-order valence-electron chi connectivity index (χ4n) is 7.79. The zero-order valence-corrected chi connectivity index (χ0v) is 33.1. The van der Waals surface area contributed by atoms with E-state index in [4.69, 9.17) is 13.0 Å². The van der Waals surface area contributed by atoms with Gasteiger partial charge in [-0.3, -0.25) is 4.57 Å². The molecule has 0 aliphatic carbocycles. The predicted molar refractivity (Wildman–Crippen MR) is 236 cm³/mol. The Morgan fingerprint density at radius 1 is 0.614 bits per heavy atom. The molecule has 0 aliphatic rings. The molecule has 282 valence electrons. The van der Waals surface area contributed by atoms with Crippen molar-refractivity contribution in [1.29, 1.82) is 0 Å². The van der Waals surface area contributed by atoms with Gasteiger partial charge in [0.05, 0.1) is 11.0 Å². The monoisotopic (exact) mass is 751 g/mol. The van der Waals surface area contributed by atoms with Crippen molar-refractivity contribution in [2.45, 2.75) is 66.1 Å². The normalized spacial score (nSPS) is 14.2. The fraction of sp³-hybridized carbons (Fsp3) is 0.192. The third-order valence-corrected chi connectivity index (χ3v) is 10.9. The van der Waals surface area contributed by atoms with Crippen LogP contribution in [0.4, 0.5) is 0 Å². The SMILES string of the molecule is [2H]C([2H])([2H])c1cnc(-n2c3ccccc3c3ccc(Oc4cccc(-n5c[n+](-c6cc(C(C)(C)C)cc(C(C)(C)C)c6)c6ccccc65)c4)cc32)c(C([2H])([2H])[2H])c1-c1ccccc1. The summed E-state index contributed by atoms with van der Waals surface area (Å²) in [7, 11) is 0. The molecule has 5 nitrogen and oxygen atoms in total. The molecule has 0 aliphatic heterocycles. The summed E-state index contributed by atoms with van der Waals surface area (Å²) in [5.74, 6) is 1.27. The van der Waals surface area contributed by atoms with Gasteiger partial charge in [-0.15, -0.1) is 0 Å². The molecule has 0 N–H and O–H groups in total. The first-order valence-electron chi connectivity index (χ1n) is 22.4. The Balaban J connectivity index is 1.17. The number of rotatable bonds is 6. The average molecular weight is 752 g/mol. The summed E-state index contributed by atoms with van der Waals surface area (Å²) in [6, 6.07) is 45.6. The van der Waals surface area contributed by atoms with Gasteiger partial charge in [-0.1, -0.05) is 114 Å². The quantitative estimate of drug-likeness (QED) is 0.159. The highest BCUT2D eigenvalue weighted by molar-refractivity contribution is 6.09. The molecule has 9 rings (SSSR count). The van der Waals surface area contributed by atoms with Crippen LogP contribution in [0.15, 0.2) is 152 Å². The number of benzene rings is 6. The van der Waals surface area contributed by atoms with Crippen molar-refractivity contribution < 1.29 is 17.5 Å². The molecule has 0 amide bonds. The van der Waals surface area contributed by atoms with Crippen molar-refractivity contribution in [3.63, 3.8) is 0 Å². The second kappa shape index (κ2) is 13.6. The van der Waals surface area contributed by atoms with Crippen molar-refractivity contribution in [2.24, 2.45) is 0 Å². The maximum atomic E-state index is 8.84. The number of para-hydroxylation sites is 3. The van der Waals surface area contributed by atoms with Gasteiger partial charge in [0, 0.05) is 42.9 Å². The van der Waals surface area contributed by atoms with E-state index in [0.717, 1.165) is 38.7 Å². The first-order valence-corrected chi connectivity index (χ1v) is 19.4. The molecule has 9 aromatic rings. The molecule has 0 saturated carbocycles. The van der Waals surface area contributed by atoms with E-state index in [1.165, 1.54) is 17.3 Å². The molecule has 0 fully saturated rings. The number of fused-ring (bicyclic) bond motifs is 4. The van der Waals surface area contributed by atoms with E-state index in [9.17, 15) is 0 Å². The van der Waals surface area contributed by atoms with E-state index in [0.29, 0.717) is 22.6 Å².